The van der Waals surface area contributed by atoms with Crippen molar-refractivity contribution in [1.82, 2.24) is 0 Å². The summed E-state index contributed by atoms with van der Waals surface area (Å²) < 4.78 is 0. The minimum atomic E-state index is 0.583. The highest BCUT2D eigenvalue weighted by Gasteiger charge is 2.05. The Morgan fingerprint density at radius 2 is 1.67 bits per heavy atom. The fourth-order valence-corrected chi connectivity index (χ4v) is 1.09. The van der Waals surface area contributed by atoms with Crippen molar-refractivity contribution in [3.63, 3.8) is 0 Å². The van der Waals surface area contributed by atoms with Gasteiger partial charge in [-0.25, -0.2) is 0 Å². The van der Waals surface area contributed by atoms with Crippen LogP contribution in [-0.4, -0.2) is 0 Å². The second-order valence-electron chi connectivity index (χ2n) is 3.22. The number of nitriles is 1. The molecule has 0 fully saturated rings. The molecular formula is C11H23N. The molecule has 0 aliphatic carbocycles. The lowest BCUT2D eigenvalue weighted by Crippen LogP contribution is -2.00. The monoisotopic (exact) mass is 169 g/mol. The first-order chi connectivity index (χ1) is 5.70. The van der Waals surface area contributed by atoms with E-state index >= 15 is 0 Å². The fourth-order valence-electron chi connectivity index (χ4n) is 1.09. The van der Waals surface area contributed by atoms with Crippen LogP contribution in [0.15, 0.2) is 0 Å². The minimum Gasteiger partial charge on any atom is -0.198 e. The van der Waals surface area contributed by atoms with E-state index in [4.69, 9.17) is 5.26 Å². The molecule has 0 aliphatic rings. The first-order valence-corrected chi connectivity index (χ1v) is 5.07. The van der Waals surface area contributed by atoms with Gasteiger partial charge >= 0.3 is 0 Å². The van der Waals surface area contributed by atoms with E-state index in [1.165, 1.54) is 12.8 Å². The summed E-state index contributed by atoms with van der Waals surface area (Å²) in [6, 6.07) is 2.20. The van der Waals surface area contributed by atoms with Crippen molar-refractivity contribution in [1.29, 1.82) is 5.26 Å². The van der Waals surface area contributed by atoms with Crippen molar-refractivity contribution < 1.29 is 0 Å². The third-order valence-corrected chi connectivity index (χ3v) is 1.94. The molecule has 0 aromatic heterocycles. The summed E-state index contributed by atoms with van der Waals surface area (Å²) in [4.78, 5) is 0. The van der Waals surface area contributed by atoms with E-state index in [1.807, 2.05) is 13.8 Å². The van der Waals surface area contributed by atoms with Crippen molar-refractivity contribution >= 4 is 0 Å². The minimum absolute atomic E-state index is 0.583. The Labute approximate surface area is 77.8 Å². The zero-order valence-electron chi connectivity index (χ0n) is 9.22. The third-order valence-electron chi connectivity index (χ3n) is 1.94. The van der Waals surface area contributed by atoms with Gasteiger partial charge in [0, 0.05) is 6.42 Å². The number of hydrogen-bond acceptors (Lipinski definition) is 1. The maximum Gasteiger partial charge on any atom is 0.0624 e. The first kappa shape index (κ1) is 14.0. The summed E-state index contributed by atoms with van der Waals surface area (Å²) in [7, 11) is 0. The second kappa shape index (κ2) is 10.5. The molecule has 0 amide bonds. The van der Waals surface area contributed by atoms with Crippen LogP contribution in [-0.2, 0) is 0 Å². The summed E-state index contributed by atoms with van der Waals surface area (Å²) in [5, 5.41) is 8.37. The Balaban J connectivity index is 0. The van der Waals surface area contributed by atoms with Crippen LogP contribution >= 0.6 is 0 Å². The molecule has 0 rings (SSSR count). The highest BCUT2D eigenvalue weighted by Crippen LogP contribution is 2.16. The van der Waals surface area contributed by atoms with Gasteiger partial charge in [0.15, 0.2) is 0 Å². The lowest BCUT2D eigenvalue weighted by Gasteiger charge is -2.11. The van der Waals surface area contributed by atoms with Crippen molar-refractivity contribution in [2.75, 3.05) is 0 Å². The molecule has 0 spiro atoms. The molecule has 0 heterocycles. The number of rotatable bonds is 4. The Morgan fingerprint density at radius 1 is 1.17 bits per heavy atom. The van der Waals surface area contributed by atoms with E-state index in [2.05, 4.69) is 26.8 Å². The Morgan fingerprint density at radius 3 is 2.00 bits per heavy atom. The number of hydrogen-bond donors (Lipinski definition) is 0. The predicted molar refractivity (Wildman–Crippen MR) is 54.8 cm³/mol. The molecule has 0 aromatic carbocycles. The van der Waals surface area contributed by atoms with Gasteiger partial charge in [-0.15, -0.1) is 0 Å². The zero-order chi connectivity index (χ0) is 9.98. The van der Waals surface area contributed by atoms with Crippen LogP contribution in [0.1, 0.15) is 53.9 Å². The molecule has 0 aliphatic heterocycles. The van der Waals surface area contributed by atoms with Gasteiger partial charge in [0.25, 0.3) is 0 Å². The number of nitrogens with zero attached hydrogens (tertiary/aromatic N) is 1. The quantitative estimate of drug-likeness (QED) is 0.624. The van der Waals surface area contributed by atoms with Crippen molar-refractivity contribution in [2.45, 2.75) is 53.9 Å². The van der Waals surface area contributed by atoms with Crippen LogP contribution in [0.25, 0.3) is 0 Å². The van der Waals surface area contributed by atoms with E-state index < -0.39 is 0 Å². The van der Waals surface area contributed by atoms with E-state index in [9.17, 15) is 0 Å². The molecule has 0 saturated heterocycles. The third kappa shape index (κ3) is 9.49. The molecule has 1 nitrogen and oxygen atoms in total. The molecule has 72 valence electrons. The van der Waals surface area contributed by atoms with Crippen LogP contribution in [0, 0.1) is 23.2 Å². The second-order valence-corrected chi connectivity index (χ2v) is 3.22. The SMILES string of the molecule is CC.CCC(C)CC(C)CC#N. The molecule has 12 heavy (non-hydrogen) atoms. The van der Waals surface area contributed by atoms with Crippen LogP contribution < -0.4 is 0 Å². The van der Waals surface area contributed by atoms with Crippen LogP contribution in [0.3, 0.4) is 0 Å². The van der Waals surface area contributed by atoms with E-state index in [-0.39, 0.29) is 0 Å². The van der Waals surface area contributed by atoms with Gasteiger partial charge in [-0.2, -0.15) is 5.26 Å². The standard InChI is InChI=1S/C9H17N.C2H6/c1-4-8(2)7-9(3)5-6-10;1-2/h8-9H,4-5,7H2,1-3H3;1-2H3. The van der Waals surface area contributed by atoms with Gasteiger partial charge in [-0.1, -0.05) is 41.0 Å². The Bertz CT molecular complexity index is 113. The van der Waals surface area contributed by atoms with E-state index in [0.29, 0.717) is 12.3 Å². The average molecular weight is 169 g/mol. The molecule has 0 N–H and O–H groups in total. The van der Waals surface area contributed by atoms with Gasteiger partial charge in [-0.05, 0) is 18.3 Å². The average Bonchev–Trinajstić information content (AvgIpc) is 2.08. The van der Waals surface area contributed by atoms with Crippen LogP contribution in [0.5, 0.6) is 0 Å². The predicted octanol–water partition coefficient (Wildman–Crippen LogP) is 4.00. The fraction of sp³-hybridized carbons (Fsp3) is 0.909. The normalized spacial score (nSPS) is 13.7. The molecule has 1 heteroatoms. The summed E-state index contributed by atoms with van der Waals surface area (Å²) in [5.41, 5.74) is 0. The van der Waals surface area contributed by atoms with Crippen molar-refractivity contribution in [3.8, 4) is 6.07 Å². The molecular weight excluding hydrogens is 146 g/mol. The van der Waals surface area contributed by atoms with Crippen molar-refractivity contribution in [2.24, 2.45) is 11.8 Å². The van der Waals surface area contributed by atoms with Gasteiger partial charge in [-0.3, -0.25) is 0 Å². The zero-order valence-corrected chi connectivity index (χ0v) is 9.22. The highest BCUT2D eigenvalue weighted by molar-refractivity contribution is 4.74. The lowest BCUT2D eigenvalue weighted by molar-refractivity contribution is 0.411. The molecule has 0 radical (unpaired) electrons. The maximum absolute atomic E-state index is 8.37. The van der Waals surface area contributed by atoms with Gasteiger partial charge < -0.3 is 0 Å². The first-order valence-electron chi connectivity index (χ1n) is 5.07. The van der Waals surface area contributed by atoms with Crippen LogP contribution in [0.2, 0.25) is 0 Å². The topological polar surface area (TPSA) is 23.8 Å². The lowest BCUT2D eigenvalue weighted by atomic mass is 9.94. The molecule has 2 atom stereocenters. The summed E-state index contributed by atoms with van der Waals surface area (Å²) in [6.45, 7) is 10.6. The summed E-state index contributed by atoms with van der Waals surface area (Å²) >= 11 is 0. The van der Waals surface area contributed by atoms with Gasteiger partial charge in [0.05, 0.1) is 6.07 Å². The van der Waals surface area contributed by atoms with Gasteiger partial charge in [0.1, 0.15) is 0 Å². The van der Waals surface area contributed by atoms with Crippen LogP contribution in [0.4, 0.5) is 0 Å². The maximum atomic E-state index is 8.37. The summed E-state index contributed by atoms with van der Waals surface area (Å²) in [6.07, 6.45) is 3.14. The molecule has 0 saturated carbocycles. The van der Waals surface area contributed by atoms with Crippen molar-refractivity contribution in [3.05, 3.63) is 0 Å². The summed E-state index contributed by atoms with van der Waals surface area (Å²) in [5.74, 6) is 1.36. The van der Waals surface area contributed by atoms with E-state index in [1.54, 1.807) is 0 Å². The highest BCUT2D eigenvalue weighted by atomic mass is 14.2. The Kier molecular flexibility index (Phi) is 12.3. The van der Waals surface area contributed by atoms with Gasteiger partial charge in [0.2, 0.25) is 0 Å². The molecule has 0 bridgehead atoms. The molecule has 2 unspecified atom stereocenters. The Hall–Kier alpha value is -0.510. The molecule has 0 aromatic rings. The smallest absolute Gasteiger partial charge is 0.0624 e. The largest absolute Gasteiger partial charge is 0.198 e. The van der Waals surface area contributed by atoms with E-state index in [0.717, 1.165) is 5.92 Å².